The SMILES string of the molecule is CN(c1ncc(I)cn1)C1CCCCC1CN. The normalized spacial score (nSPS) is 24.6. The van der Waals surface area contributed by atoms with E-state index in [0.29, 0.717) is 12.0 Å². The van der Waals surface area contributed by atoms with Crippen LogP contribution in [-0.4, -0.2) is 29.6 Å². The number of aromatic nitrogens is 2. The molecule has 0 saturated heterocycles. The van der Waals surface area contributed by atoms with Gasteiger partial charge in [-0.05, 0) is 47.9 Å². The summed E-state index contributed by atoms with van der Waals surface area (Å²) in [5, 5.41) is 0. The van der Waals surface area contributed by atoms with Crippen molar-refractivity contribution in [2.24, 2.45) is 11.7 Å². The Balaban J connectivity index is 2.12. The zero-order valence-corrected chi connectivity index (χ0v) is 12.3. The van der Waals surface area contributed by atoms with Gasteiger partial charge in [0.15, 0.2) is 0 Å². The molecule has 2 atom stereocenters. The van der Waals surface area contributed by atoms with Crippen molar-refractivity contribution in [3.05, 3.63) is 16.0 Å². The van der Waals surface area contributed by atoms with Gasteiger partial charge in [-0.1, -0.05) is 12.8 Å². The lowest BCUT2D eigenvalue weighted by Crippen LogP contribution is -2.43. The van der Waals surface area contributed by atoms with E-state index in [2.05, 4.69) is 44.5 Å². The first-order valence-electron chi connectivity index (χ1n) is 6.13. The standard InChI is InChI=1S/C12H19IN4/c1-17(12-15-7-10(13)8-16-12)11-5-3-2-4-9(11)6-14/h7-9,11H,2-6,14H2,1H3. The first-order chi connectivity index (χ1) is 8.22. The van der Waals surface area contributed by atoms with Crippen molar-refractivity contribution in [2.75, 3.05) is 18.5 Å². The molecule has 2 rings (SSSR count). The predicted octanol–water partition coefficient (Wildman–Crippen LogP) is 2.03. The Morgan fingerprint density at radius 2 is 2.00 bits per heavy atom. The lowest BCUT2D eigenvalue weighted by atomic mass is 9.84. The van der Waals surface area contributed by atoms with E-state index in [1.807, 2.05) is 12.4 Å². The highest BCUT2D eigenvalue weighted by molar-refractivity contribution is 14.1. The smallest absolute Gasteiger partial charge is 0.225 e. The molecule has 1 aromatic heterocycles. The summed E-state index contributed by atoms with van der Waals surface area (Å²) >= 11 is 2.22. The molecule has 2 N–H and O–H groups in total. The molecule has 17 heavy (non-hydrogen) atoms. The summed E-state index contributed by atoms with van der Waals surface area (Å²) in [6.45, 7) is 0.763. The molecule has 0 aliphatic heterocycles. The van der Waals surface area contributed by atoms with Crippen LogP contribution in [0.3, 0.4) is 0 Å². The van der Waals surface area contributed by atoms with Crippen molar-refractivity contribution < 1.29 is 0 Å². The zero-order valence-electron chi connectivity index (χ0n) is 10.1. The summed E-state index contributed by atoms with van der Waals surface area (Å²) in [6, 6.07) is 0.494. The number of nitrogens with two attached hydrogens (primary N) is 1. The topological polar surface area (TPSA) is 55.0 Å². The Morgan fingerprint density at radius 3 is 2.65 bits per heavy atom. The lowest BCUT2D eigenvalue weighted by molar-refractivity contribution is 0.304. The number of halogens is 1. The molecule has 94 valence electrons. The van der Waals surface area contributed by atoms with Gasteiger partial charge < -0.3 is 10.6 Å². The fourth-order valence-corrected chi connectivity index (χ4v) is 2.89. The Kier molecular flexibility index (Phi) is 4.55. The second-order valence-corrected chi connectivity index (χ2v) is 5.91. The quantitative estimate of drug-likeness (QED) is 0.851. The van der Waals surface area contributed by atoms with Crippen molar-refractivity contribution in [3.8, 4) is 0 Å². The molecule has 0 spiro atoms. The second-order valence-electron chi connectivity index (χ2n) is 4.66. The van der Waals surface area contributed by atoms with E-state index in [1.165, 1.54) is 25.7 Å². The van der Waals surface area contributed by atoms with E-state index in [9.17, 15) is 0 Å². The number of nitrogens with zero attached hydrogens (tertiary/aromatic N) is 3. The third kappa shape index (κ3) is 3.07. The van der Waals surface area contributed by atoms with Gasteiger partial charge in [0.05, 0.1) is 0 Å². The Hall–Kier alpha value is -0.430. The monoisotopic (exact) mass is 346 g/mol. The van der Waals surface area contributed by atoms with Crippen molar-refractivity contribution >= 4 is 28.5 Å². The van der Waals surface area contributed by atoms with Crippen molar-refractivity contribution in [1.29, 1.82) is 0 Å². The van der Waals surface area contributed by atoms with Crippen LogP contribution in [0.2, 0.25) is 0 Å². The predicted molar refractivity (Wildman–Crippen MR) is 78.0 cm³/mol. The van der Waals surface area contributed by atoms with E-state index >= 15 is 0 Å². The highest BCUT2D eigenvalue weighted by Gasteiger charge is 2.28. The summed E-state index contributed by atoms with van der Waals surface area (Å²) in [5.41, 5.74) is 5.86. The van der Waals surface area contributed by atoms with E-state index in [1.54, 1.807) is 0 Å². The summed E-state index contributed by atoms with van der Waals surface area (Å²) < 4.78 is 1.07. The van der Waals surface area contributed by atoms with Crippen LogP contribution in [0, 0.1) is 9.49 Å². The minimum atomic E-state index is 0.494. The first-order valence-corrected chi connectivity index (χ1v) is 7.20. The largest absolute Gasteiger partial charge is 0.341 e. The molecule has 1 heterocycles. The first kappa shape index (κ1) is 13.0. The van der Waals surface area contributed by atoms with Gasteiger partial charge in [-0.2, -0.15) is 0 Å². The fraction of sp³-hybridized carbons (Fsp3) is 0.667. The van der Waals surface area contributed by atoms with Crippen molar-refractivity contribution in [2.45, 2.75) is 31.7 Å². The van der Waals surface area contributed by atoms with Gasteiger partial charge in [0, 0.05) is 29.1 Å². The molecule has 1 fully saturated rings. The Labute approximate surface area is 116 Å². The van der Waals surface area contributed by atoms with Crippen LogP contribution in [-0.2, 0) is 0 Å². The summed E-state index contributed by atoms with van der Waals surface area (Å²) in [4.78, 5) is 11.0. The summed E-state index contributed by atoms with van der Waals surface area (Å²) in [5.74, 6) is 1.40. The third-order valence-electron chi connectivity index (χ3n) is 3.59. The van der Waals surface area contributed by atoms with Crippen LogP contribution in [0.15, 0.2) is 12.4 Å². The highest BCUT2D eigenvalue weighted by atomic mass is 127. The molecule has 5 heteroatoms. The molecule has 1 aliphatic rings. The third-order valence-corrected chi connectivity index (χ3v) is 4.15. The Bertz CT molecular complexity index is 354. The van der Waals surface area contributed by atoms with E-state index in [0.717, 1.165) is 16.1 Å². The molecule has 4 nitrogen and oxygen atoms in total. The lowest BCUT2D eigenvalue weighted by Gasteiger charge is -2.37. The number of hydrogen-bond acceptors (Lipinski definition) is 4. The molecule has 1 aromatic rings. The highest BCUT2D eigenvalue weighted by Crippen LogP contribution is 2.28. The van der Waals surface area contributed by atoms with E-state index in [4.69, 9.17) is 5.73 Å². The van der Waals surface area contributed by atoms with E-state index < -0.39 is 0 Å². The molecule has 1 aliphatic carbocycles. The van der Waals surface area contributed by atoms with Gasteiger partial charge in [-0.25, -0.2) is 9.97 Å². The maximum Gasteiger partial charge on any atom is 0.225 e. The Morgan fingerprint density at radius 1 is 1.35 bits per heavy atom. The van der Waals surface area contributed by atoms with Gasteiger partial charge in [-0.3, -0.25) is 0 Å². The van der Waals surface area contributed by atoms with Crippen LogP contribution < -0.4 is 10.6 Å². The van der Waals surface area contributed by atoms with Crippen LogP contribution >= 0.6 is 22.6 Å². The second kappa shape index (κ2) is 5.95. The van der Waals surface area contributed by atoms with Crippen molar-refractivity contribution in [3.63, 3.8) is 0 Å². The van der Waals surface area contributed by atoms with Gasteiger partial charge in [0.25, 0.3) is 0 Å². The van der Waals surface area contributed by atoms with Gasteiger partial charge in [-0.15, -0.1) is 0 Å². The summed E-state index contributed by atoms with van der Waals surface area (Å²) in [6.07, 6.45) is 8.75. The van der Waals surface area contributed by atoms with Crippen LogP contribution in [0.25, 0.3) is 0 Å². The van der Waals surface area contributed by atoms with Crippen LogP contribution in [0.5, 0.6) is 0 Å². The minimum Gasteiger partial charge on any atom is -0.341 e. The van der Waals surface area contributed by atoms with Gasteiger partial charge in [0.1, 0.15) is 0 Å². The number of anilines is 1. The fourth-order valence-electron chi connectivity index (χ4n) is 2.61. The molecule has 0 bridgehead atoms. The summed E-state index contributed by atoms with van der Waals surface area (Å²) in [7, 11) is 2.08. The van der Waals surface area contributed by atoms with Gasteiger partial charge in [0.2, 0.25) is 5.95 Å². The maximum atomic E-state index is 5.86. The van der Waals surface area contributed by atoms with Gasteiger partial charge >= 0.3 is 0 Å². The molecule has 1 saturated carbocycles. The maximum absolute atomic E-state index is 5.86. The molecular weight excluding hydrogens is 327 g/mol. The minimum absolute atomic E-state index is 0.494. The van der Waals surface area contributed by atoms with Crippen LogP contribution in [0.1, 0.15) is 25.7 Å². The molecule has 2 unspecified atom stereocenters. The van der Waals surface area contributed by atoms with Crippen molar-refractivity contribution in [1.82, 2.24) is 9.97 Å². The number of rotatable bonds is 3. The van der Waals surface area contributed by atoms with E-state index in [-0.39, 0.29) is 0 Å². The average molecular weight is 346 g/mol. The molecule has 0 radical (unpaired) electrons. The van der Waals surface area contributed by atoms with Crippen LogP contribution in [0.4, 0.5) is 5.95 Å². The average Bonchev–Trinajstić information content (AvgIpc) is 2.39. The molecule has 0 amide bonds. The molecular formula is C12H19IN4. The number of hydrogen-bond donors (Lipinski definition) is 1. The molecule has 0 aromatic carbocycles. The zero-order chi connectivity index (χ0) is 12.3.